The zero-order valence-electron chi connectivity index (χ0n) is 14.9. The van der Waals surface area contributed by atoms with Crippen LogP contribution >= 0.6 is 0 Å². The van der Waals surface area contributed by atoms with E-state index in [1.807, 2.05) is 18.7 Å². The fourth-order valence-electron chi connectivity index (χ4n) is 2.82. The molecule has 8 nitrogen and oxygen atoms in total. The zero-order chi connectivity index (χ0) is 18.7. The molecule has 0 aromatic carbocycles. The number of ether oxygens (including phenoxy) is 1. The van der Waals surface area contributed by atoms with Crippen molar-refractivity contribution in [3.63, 3.8) is 0 Å². The highest BCUT2D eigenvalue weighted by molar-refractivity contribution is 6.29. The van der Waals surface area contributed by atoms with Crippen molar-refractivity contribution in [2.45, 2.75) is 13.8 Å². The molecule has 2 aliphatic rings. The van der Waals surface area contributed by atoms with Gasteiger partial charge in [0.1, 0.15) is 5.57 Å². The number of imide groups is 2. The summed E-state index contributed by atoms with van der Waals surface area (Å²) in [5, 5.41) is 8.73. The summed E-state index contributed by atoms with van der Waals surface area (Å²) < 4.78 is 5.28. The zero-order valence-corrected chi connectivity index (χ0v) is 14.9. The maximum atomic E-state index is 12.4. The molecule has 1 N–H and O–H groups in total. The first kappa shape index (κ1) is 18.9. The van der Waals surface area contributed by atoms with Crippen molar-refractivity contribution in [2.75, 3.05) is 40.5 Å². The first-order valence-corrected chi connectivity index (χ1v) is 7.96. The highest BCUT2D eigenvalue weighted by Crippen LogP contribution is 2.27. The van der Waals surface area contributed by atoms with Gasteiger partial charge in [0.25, 0.3) is 11.8 Å². The molecule has 4 amide bonds. The minimum absolute atomic E-state index is 0.0144. The summed E-state index contributed by atoms with van der Waals surface area (Å²) in [5.41, 5.74) is 2.19. The van der Waals surface area contributed by atoms with Gasteiger partial charge in [0.2, 0.25) is 0 Å². The molecule has 2 rings (SSSR count). The van der Waals surface area contributed by atoms with E-state index in [-0.39, 0.29) is 18.8 Å². The van der Waals surface area contributed by atoms with Crippen molar-refractivity contribution in [3.05, 3.63) is 34.7 Å². The van der Waals surface area contributed by atoms with Crippen LogP contribution in [-0.2, 0) is 14.3 Å². The fourth-order valence-corrected chi connectivity index (χ4v) is 2.82. The Hall–Kier alpha value is -2.45. The Balaban J connectivity index is 2.30. The average Bonchev–Trinajstić information content (AvgIpc) is 2.57. The van der Waals surface area contributed by atoms with Crippen molar-refractivity contribution in [1.29, 1.82) is 0 Å². The van der Waals surface area contributed by atoms with Gasteiger partial charge in [-0.15, -0.1) is 0 Å². The van der Waals surface area contributed by atoms with E-state index in [1.165, 1.54) is 14.1 Å². The van der Waals surface area contributed by atoms with Gasteiger partial charge in [-0.05, 0) is 31.6 Å². The summed E-state index contributed by atoms with van der Waals surface area (Å²) in [4.78, 5) is 40.5. The average molecular weight is 349 g/mol. The quantitative estimate of drug-likeness (QED) is 0.441. The van der Waals surface area contributed by atoms with E-state index < -0.39 is 17.8 Å². The fraction of sp³-hybridized carbons (Fsp3) is 0.471. The van der Waals surface area contributed by atoms with Gasteiger partial charge >= 0.3 is 6.03 Å². The van der Waals surface area contributed by atoms with Crippen LogP contribution in [0.1, 0.15) is 13.8 Å². The molecule has 25 heavy (non-hydrogen) atoms. The van der Waals surface area contributed by atoms with E-state index in [1.54, 1.807) is 12.2 Å². The van der Waals surface area contributed by atoms with E-state index in [9.17, 15) is 14.4 Å². The van der Waals surface area contributed by atoms with Crippen LogP contribution in [0.25, 0.3) is 0 Å². The van der Waals surface area contributed by atoms with E-state index in [0.29, 0.717) is 18.7 Å². The molecule has 0 atom stereocenters. The third-order valence-electron chi connectivity index (χ3n) is 4.17. The van der Waals surface area contributed by atoms with Gasteiger partial charge in [0.05, 0.1) is 19.8 Å². The molecule has 0 aromatic rings. The van der Waals surface area contributed by atoms with Crippen LogP contribution in [0.15, 0.2) is 34.7 Å². The van der Waals surface area contributed by atoms with Crippen LogP contribution in [0.2, 0.25) is 0 Å². The Morgan fingerprint density at radius 3 is 1.96 bits per heavy atom. The molecule has 2 heterocycles. The lowest BCUT2D eigenvalue weighted by molar-refractivity contribution is -0.134. The number of nitrogens with zero attached hydrogens (tertiary/aromatic N) is 3. The smallest absolute Gasteiger partial charge is 0.333 e. The normalized spacial score (nSPS) is 18.9. The van der Waals surface area contributed by atoms with E-state index in [0.717, 1.165) is 21.2 Å². The lowest BCUT2D eigenvalue weighted by Gasteiger charge is -2.33. The summed E-state index contributed by atoms with van der Waals surface area (Å²) in [7, 11) is 2.71. The Bertz CT molecular complexity index is 644. The number of urea groups is 1. The second-order valence-electron chi connectivity index (χ2n) is 5.90. The second kappa shape index (κ2) is 7.62. The minimum atomic E-state index is -0.640. The number of carbonyl (C=O) groups excluding carboxylic acids is 3. The topological polar surface area (TPSA) is 90.4 Å². The SMILES string of the molecule is CC1=CC(=C2C(=O)N(C)C(=O)N(C)C2=O)C=C(C)N1CCOCCO. The number of hydrogen-bond acceptors (Lipinski definition) is 6. The monoisotopic (exact) mass is 349 g/mol. The number of likely N-dealkylation sites (N-methyl/N-ethyl adjacent to an activating group) is 2. The predicted molar refractivity (Wildman–Crippen MR) is 90.1 cm³/mol. The molecule has 136 valence electrons. The molecule has 0 radical (unpaired) electrons. The van der Waals surface area contributed by atoms with Crippen molar-refractivity contribution >= 4 is 17.8 Å². The maximum absolute atomic E-state index is 12.4. The molecular weight excluding hydrogens is 326 g/mol. The van der Waals surface area contributed by atoms with Gasteiger partial charge in [-0.1, -0.05) is 0 Å². The summed E-state index contributed by atoms with van der Waals surface area (Å²) in [6.07, 6.45) is 3.50. The first-order valence-electron chi connectivity index (χ1n) is 7.96. The molecule has 2 aliphatic heterocycles. The van der Waals surface area contributed by atoms with Gasteiger partial charge in [-0.25, -0.2) is 4.79 Å². The van der Waals surface area contributed by atoms with E-state index in [4.69, 9.17) is 9.84 Å². The van der Waals surface area contributed by atoms with Crippen molar-refractivity contribution in [2.24, 2.45) is 0 Å². The lowest BCUT2D eigenvalue weighted by Crippen LogP contribution is -2.53. The number of hydrogen-bond donors (Lipinski definition) is 1. The number of barbiturate groups is 1. The van der Waals surface area contributed by atoms with E-state index in [2.05, 4.69) is 0 Å². The van der Waals surface area contributed by atoms with Gasteiger partial charge in [0, 0.05) is 32.0 Å². The van der Waals surface area contributed by atoms with Crippen LogP contribution in [0.3, 0.4) is 0 Å². The molecule has 0 spiro atoms. The summed E-state index contributed by atoms with van der Waals surface area (Å²) in [6.45, 7) is 5.04. The number of aliphatic hydroxyl groups excluding tert-OH is 1. The van der Waals surface area contributed by atoms with Crippen molar-refractivity contribution in [1.82, 2.24) is 14.7 Å². The molecule has 0 unspecified atom stereocenters. The van der Waals surface area contributed by atoms with Crippen LogP contribution in [0.5, 0.6) is 0 Å². The summed E-state index contributed by atoms with van der Waals surface area (Å²) in [5.74, 6) is -1.20. The Labute approximate surface area is 146 Å². The number of rotatable bonds is 5. The molecule has 0 bridgehead atoms. The summed E-state index contributed by atoms with van der Waals surface area (Å²) >= 11 is 0. The predicted octanol–water partition coefficient (Wildman–Crippen LogP) is 0.466. The third-order valence-corrected chi connectivity index (χ3v) is 4.17. The molecule has 8 heteroatoms. The maximum Gasteiger partial charge on any atom is 0.333 e. The van der Waals surface area contributed by atoms with Crippen LogP contribution in [-0.4, -0.2) is 78.1 Å². The third kappa shape index (κ3) is 3.64. The Morgan fingerprint density at radius 2 is 1.48 bits per heavy atom. The first-order chi connectivity index (χ1) is 11.8. The molecule has 0 aliphatic carbocycles. The largest absolute Gasteiger partial charge is 0.394 e. The summed E-state index contributed by atoms with van der Waals surface area (Å²) in [6, 6.07) is -0.640. The van der Waals surface area contributed by atoms with Crippen LogP contribution < -0.4 is 0 Å². The van der Waals surface area contributed by atoms with Gasteiger partial charge in [0.15, 0.2) is 0 Å². The van der Waals surface area contributed by atoms with Crippen molar-refractivity contribution in [3.8, 4) is 0 Å². The van der Waals surface area contributed by atoms with Gasteiger partial charge < -0.3 is 14.7 Å². The minimum Gasteiger partial charge on any atom is -0.394 e. The number of amides is 4. The highest BCUT2D eigenvalue weighted by Gasteiger charge is 2.39. The van der Waals surface area contributed by atoms with E-state index >= 15 is 0 Å². The molecule has 1 saturated heterocycles. The molecule has 0 saturated carbocycles. The highest BCUT2D eigenvalue weighted by atomic mass is 16.5. The Morgan fingerprint density at radius 1 is 0.960 bits per heavy atom. The molecule has 1 fully saturated rings. The van der Waals surface area contributed by atoms with Crippen LogP contribution in [0, 0.1) is 0 Å². The second-order valence-corrected chi connectivity index (χ2v) is 5.90. The number of carbonyl (C=O) groups is 3. The van der Waals surface area contributed by atoms with Gasteiger partial charge in [-0.2, -0.15) is 0 Å². The van der Waals surface area contributed by atoms with Crippen molar-refractivity contribution < 1.29 is 24.2 Å². The standard InChI is InChI=1S/C17H23N3O5/c1-11-9-13(10-12(2)20(11)5-7-25-8-6-21)14-15(22)18(3)17(24)19(4)16(14)23/h9-10,21H,5-8H2,1-4H3. The number of allylic oxidation sites excluding steroid dienone is 5. The lowest BCUT2D eigenvalue weighted by atomic mass is 9.99. The molecule has 0 aromatic heterocycles. The number of aliphatic hydroxyl groups is 1. The van der Waals surface area contributed by atoms with Gasteiger partial charge in [-0.3, -0.25) is 19.4 Å². The Kier molecular flexibility index (Phi) is 5.76. The van der Waals surface area contributed by atoms with Crippen LogP contribution in [0.4, 0.5) is 4.79 Å². The molecular formula is C17H23N3O5.